The number of hydrogen-bond acceptors (Lipinski definition) is 5. The van der Waals surface area contributed by atoms with Crippen LogP contribution in [0.5, 0.6) is 0 Å². The molecular weight excluding hydrogens is 284 g/mol. The minimum absolute atomic E-state index is 0.146. The number of hydrogen-bond donors (Lipinski definition) is 1. The summed E-state index contributed by atoms with van der Waals surface area (Å²) in [4.78, 5) is 7.67. The second kappa shape index (κ2) is 6.73. The maximum Gasteiger partial charge on any atom is 0.209 e. The molecule has 5 heteroatoms. The zero-order chi connectivity index (χ0) is 14.7. The molecule has 21 heavy (non-hydrogen) atoms. The first kappa shape index (κ1) is 14.8. The highest BCUT2D eigenvalue weighted by molar-refractivity contribution is 7.13. The quantitative estimate of drug-likeness (QED) is 0.920. The van der Waals surface area contributed by atoms with Gasteiger partial charge >= 0.3 is 0 Å². The molecule has 3 rings (SSSR count). The topological polar surface area (TPSA) is 49.5 Å². The molecule has 1 fully saturated rings. The van der Waals surface area contributed by atoms with Gasteiger partial charge in [-0.2, -0.15) is 0 Å². The van der Waals surface area contributed by atoms with Crippen LogP contribution in [0.4, 0.5) is 0 Å². The van der Waals surface area contributed by atoms with Crippen molar-refractivity contribution < 1.29 is 9.52 Å². The third kappa shape index (κ3) is 3.73. The standard InChI is InChI=1S/C16H22N2O2S/c1-18(10-12-5-2-3-6-13(12)19)11-16-17-9-14(20-16)15-7-4-8-21-15/h4,7-9,12-13,19H,2-3,5-6,10-11H2,1H3. The smallest absolute Gasteiger partial charge is 0.209 e. The summed E-state index contributed by atoms with van der Waals surface area (Å²) in [7, 11) is 2.07. The SMILES string of the molecule is CN(Cc1ncc(-c2cccs2)o1)CC1CCCCC1O. The van der Waals surface area contributed by atoms with E-state index in [1.807, 2.05) is 17.5 Å². The predicted molar refractivity (Wildman–Crippen MR) is 84.1 cm³/mol. The van der Waals surface area contributed by atoms with Crippen molar-refractivity contribution in [3.8, 4) is 10.6 Å². The first-order valence-corrected chi connectivity index (χ1v) is 8.45. The number of nitrogens with zero attached hydrogens (tertiary/aromatic N) is 2. The van der Waals surface area contributed by atoms with Crippen molar-refractivity contribution >= 4 is 11.3 Å². The Bertz CT molecular complexity index is 552. The second-order valence-electron chi connectivity index (χ2n) is 5.90. The fourth-order valence-corrected chi connectivity index (χ4v) is 3.68. The highest BCUT2D eigenvalue weighted by atomic mass is 32.1. The largest absolute Gasteiger partial charge is 0.438 e. The number of aromatic nitrogens is 1. The molecule has 0 spiro atoms. The van der Waals surface area contributed by atoms with Crippen molar-refractivity contribution in [2.45, 2.75) is 38.3 Å². The minimum atomic E-state index is -0.146. The van der Waals surface area contributed by atoms with Gasteiger partial charge in [-0.15, -0.1) is 11.3 Å². The van der Waals surface area contributed by atoms with E-state index in [9.17, 15) is 5.11 Å². The third-order valence-electron chi connectivity index (χ3n) is 4.14. The van der Waals surface area contributed by atoms with Crippen LogP contribution in [0.1, 0.15) is 31.6 Å². The van der Waals surface area contributed by atoms with E-state index in [4.69, 9.17) is 4.42 Å². The van der Waals surface area contributed by atoms with Crippen LogP contribution in [0.15, 0.2) is 28.1 Å². The highest BCUT2D eigenvalue weighted by Crippen LogP contribution is 2.27. The zero-order valence-corrected chi connectivity index (χ0v) is 13.2. The van der Waals surface area contributed by atoms with Crippen LogP contribution in [0, 0.1) is 5.92 Å². The molecular formula is C16H22N2O2S. The van der Waals surface area contributed by atoms with Gasteiger partial charge in [0.25, 0.3) is 0 Å². The van der Waals surface area contributed by atoms with Crippen LogP contribution in [-0.4, -0.2) is 34.7 Å². The van der Waals surface area contributed by atoms with Gasteiger partial charge in [-0.05, 0) is 37.3 Å². The monoisotopic (exact) mass is 306 g/mol. The molecule has 1 N–H and O–H groups in total. The lowest BCUT2D eigenvalue weighted by molar-refractivity contribution is 0.0488. The second-order valence-corrected chi connectivity index (χ2v) is 6.85. The fourth-order valence-electron chi connectivity index (χ4n) is 3.01. The van der Waals surface area contributed by atoms with E-state index in [0.717, 1.165) is 42.3 Å². The average Bonchev–Trinajstić information content (AvgIpc) is 3.12. The number of aliphatic hydroxyl groups is 1. The maximum absolute atomic E-state index is 10.0. The molecule has 0 amide bonds. The maximum atomic E-state index is 10.0. The lowest BCUT2D eigenvalue weighted by Crippen LogP contribution is -2.34. The van der Waals surface area contributed by atoms with Crippen molar-refractivity contribution in [2.75, 3.05) is 13.6 Å². The minimum Gasteiger partial charge on any atom is -0.438 e. The van der Waals surface area contributed by atoms with Gasteiger partial charge in [0.2, 0.25) is 5.89 Å². The Morgan fingerprint density at radius 2 is 2.29 bits per heavy atom. The molecule has 2 atom stereocenters. The molecule has 4 nitrogen and oxygen atoms in total. The molecule has 2 aromatic heterocycles. The lowest BCUT2D eigenvalue weighted by atomic mass is 9.86. The molecule has 1 saturated carbocycles. The summed E-state index contributed by atoms with van der Waals surface area (Å²) in [5.41, 5.74) is 0. The Hall–Kier alpha value is -1.17. The van der Waals surface area contributed by atoms with E-state index < -0.39 is 0 Å². The Balaban J connectivity index is 1.56. The first-order valence-electron chi connectivity index (χ1n) is 7.57. The van der Waals surface area contributed by atoms with E-state index in [1.165, 1.54) is 6.42 Å². The van der Waals surface area contributed by atoms with Crippen LogP contribution in [0.3, 0.4) is 0 Å². The van der Waals surface area contributed by atoms with Gasteiger partial charge in [0, 0.05) is 6.54 Å². The lowest BCUT2D eigenvalue weighted by Gasteiger charge is -2.30. The zero-order valence-electron chi connectivity index (χ0n) is 12.4. The fraction of sp³-hybridized carbons (Fsp3) is 0.562. The molecule has 2 unspecified atom stereocenters. The van der Waals surface area contributed by atoms with Gasteiger partial charge in [-0.3, -0.25) is 4.90 Å². The number of rotatable bonds is 5. The Morgan fingerprint density at radius 1 is 1.43 bits per heavy atom. The Morgan fingerprint density at radius 3 is 3.05 bits per heavy atom. The molecule has 0 aliphatic heterocycles. The molecule has 0 bridgehead atoms. The predicted octanol–water partition coefficient (Wildman–Crippen LogP) is 3.39. The van der Waals surface area contributed by atoms with Crippen molar-refractivity contribution in [3.63, 3.8) is 0 Å². The van der Waals surface area contributed by atoms with E-state index in [1.54, 1.807) is 17.5 Å². The average molecular weight is 306 g/mol. The summed E-state index contributed by atoms with van der Waals surface area (Å²) in [6.07, 6.45) is 6.11. The van der Waals surface area contributed by atoms with Crippen molar-refractivity contribution in [2.24, 2.45) is 5.92 Å². The highest BCUT2D eigenvalue weighted by Gasteiger charge is 2.24. The Labute approximate surface area is 129 Å². The van der Waals surface area contributed by atoms with Crippen molar-refractivity contribution in [1.29, 1.82) is 0 Å². The van der Waals surface area contributed by atoms with Crippen LogP contribution < -0.4 is 0 Å². The van der Waals surface area contributed by atoms with Gasteiger partial charge in [0.1, 0.15) is 0 Å². The van der Waals surface area contributed by atoms with Crippen molar-refractivity contribution in [3.05, 3.63) is 29.6 Å². The molecule has 2 heterocycles. The number of oxazole rings is 1. The number of aliphatic hydroxyl groups excluding tert-OH is 1. The van der Waals surface area contributed by atoms with Crippen molar-refractivity contribution in [1.82, 2.24) is 9.88 Å². The van der Waals surface area contributed by atoms with E-state index in [-0.39, 0.29) is 6.10 Å². The normalized spacial score (nSPS) is 22.8. The third-order valence-corrected chi connectivity index (χ3v) is 5.02. The number of thiophene rings is 1. The van der Waals surface area contributed by atoms with Crippen LogP contribution in [-0.2, 0) is 6.54 Å². The van der Waals surface area contributed by atoms with Gasteiger partial charge in [-0.1, -0.05) is 18.9 Å². The molecule has 0 aromatic carbocycles. The molecule has 2 aromatic rings. The molecule has 0 saturated heterocycles. The molecule has 1 aliphatic carbocycles. The van der Waals surface area contributed by atoms with Gasteiger partial charge in [0.15, 0.2) is 5.76 Å². The summed E-state index contributed by atoms with van der Waals surface area (Å²) in [6.45, 7) is 1.59. The van der Waals surface area contributed by atoms with Crippen LogP contribution in [0.2, 0.25) is 0 Å². The molecule has 1 aliphatic rings. The summed E-state index contributed by atoms with van der Waals surface area (Å²) in [5.74, 6) is 1.97. The Kier molecular flexibility index (Phi) is 4.73. The molecule has 0 radical (unpaired) electrons. The van der Waals surface area contributed by atoms with Gasteiger partial charge in [-0.25, -0.2) is 4.98 Å². The van der Waals surface area contributed by atoms with Crippen LogP contribution >= 0.6 is 11.3 Å². The summed E-state index contributed by atoms with van der Waals surface area (Å²) < 4.78 is 5.81. The summed E-state index contributed by atoms with van der Waals surface area (Å²) >= 11 is 1.66. The molecule has 114 valence electrons. The van der Waals surface area contributed by atoms with Gasteiger partial charge < -0.3 is 9.52 Å². The summed E-state index contributed by atoms with van der Waals surface area (Å²) in [6, 6.07) is 4.05. The van der Waals surface area contributed by atoms with Crippen LogP contribution in [0.25, 0.3) is 10.6 Å². The summed E-state index contributed by atoms with van der Waals surface area (Å²) in [5, 5.41) is 12.1. The van der Waals surface area contributed by atoms with E-state index >= 15 is 0 Å². The first-order chi connectivity index (χ1) is 10.2. The van der Waals surface area contributed by atoms with Gasteiger partial charge in [0.05, 0.1) is 23.7 Å². The van der Waals surface area contributed by atoms with E-state index in [0.29, 0.717) is 12.5 Å². The van der Waals surface area contributed by atoms with E-state index in [2.05, 4.69) is 16.9 Å².